The largest absolute Gasteiger partial charge is 0.207 e. The summed E-state index contributed by atoms with van der Waals surface area (Å²) in [7, 11) is 0. The van der Waals surface area contributed by atoms with E-state index in [-0.39, 0.29) is 5.82 Å². The lowest BCUT2D eigenvalue weighted by Gasteiger charge is -2.42. The SMILES string of the molecule is C/C=C/C1CCC2CC(c3cc4c(cc3F)CC(CCCC)CC4)CCC2C1. The van der Waals surface area contributed by atoms with Gasteiger partial charge in [-0.05, 0) is 117 Å². The monoisotopic (exact) mass is 382 g/mol. The minimum atomic E-state index is 0.0981. The number of fused-ring (bicyclic) bond motifs is 2. The number of hydrogen-bond acceptors (Lipinski definition) is 0. The highest BCUT2D eigenvalue weighted by Gasteiger charge is 2.36. The average Bonchev–Trinajstić information content (AvgIpc) is 2.71. The number of hydrogen-bond donors (Lipinski definition) is 0. The van der Waals surface area contributed by atoms with Gasteiger partial charge in [-0.2, -0.15) is 0 Å². The molecule has 2 fully saturated rings. The first-order valence-corrected chi connectivity index (χ1v) is 12.1. The minimum Gasteiger partial charge on any atom is -0.207 e. The van der Waals surface area contributed by atoms with Crippen molar-refractivity contribution in [2.24, 2.45) is 23.7 Å². The maximum absolute atomic E-state index is 15.1. The third-order valence-corrected chi connectivity index (χ3v) is 8.17. The van der Waals surface area contributed by atoms with Crippen molar-refractivity contribution in [1.82, 2.24) is 0 Å². The zero-order valence-electron chi connectivity index (χ0n) is 18.1. The number of allylic oxidation sites excluding steroid dienone is 2. The molecule has 0 nitrogen and oxygen atoms in total. The van der Waals surface area contributed by atoms with Crippen LogP contribution in [0.4, 0.5) is 4.39 Å². The second kappa shape index (κ2) is 9.14. The van der Waals surface area contributed by atoms with E-state index < -0.39 is 0 Å². The molecule has 1 heteroatoms. The van der Waals surface area contributed by atoms with Gasteiger partial charge in [0, 0.05) is 0 Å². The zero-order valence-corrected chi connectivity index (χ0v) is 18.1. The van der Waals surface area contributed by atoms with Gasteiger partial charge in [-0.15, -0.1) is 0 Å². The van der Waals surface area contributed by atoms with Crippen molar-refractivity contribution in [2.45, 2.75) is 96.8 Å². The molecule has 0 N–H and O–H groups in total. The van der Waals surface area contributed by atoms with E-state index >= 15 is 4.39 Å². The van der Waals surface area contributed by atoms with Crippen LogP contribution in [-0.4, -0.2) is 0 Å². The van der Waals surface area contributed by atoms with Crippen LogP contribution in [0.2, 0.25) is 0 Å². The highest BCUT2D eigenvalue weighted by atomic mass is 19.1. The van der Waals surface area contributed by atoms with Crippen LogP contribution in [0, 0.1) is 29.5 Å². The summed E-state index contributed by atoms with van der Waals surface area (Å²) in [5.74, 6) is 3.84. The maximum Gasteiger partial charge on any atom is 0.126 e. The summed E-state index contributed by atoms with van der Waals surface area (Å²) in [5.41, 5.74) is 3.83. The minimum absolute atomic E-state index is 0.0981. The molecule has 4 rings (SSSR count). The highest BCUT2D eigenvalue weighted by Crippen LogP contribution is 2.48. The first-order chi connectivity index (χ1) is 13.7. The Kier molecular flexibility index (Phi) is 6.59. The quantitative estimate of drug-likeness (QED) is 0.453. The van der Waals surface area contributed by atoms with Crippen molar-refractivity contribution in [2.75, 3.05) is 0 Å². The smallest absolute Gasteiger partial charge is 0.126 e. The van der Waals surface area contributed by atoms with Gasteiger partial charge in [-0.25, -0.2) is 4.39 Å². The number of benzene rings is 1. The standard InChI is InChI=1S/C27H39F/c1-3-5-7-20-9-11-23-17-26(27(28)18-25(23)15-20)24-13-12-21-14-19(6-4-2)8-10-22(21)16-24/h4,6,17-22,24H,3,5,7-16H2,1-2H3/b6-4+. The molecule has 0 heterocycles. The van der Waals surface area contributed by atoms with E-state index in [1.807, 2.05) is 6.07 Å². The molecule has 154 valence electrons. The zero-order chi connectivity index (χ0) is 19.5. The lowest BCUT2D eigenvalue weighted by molar-refractivity contribution is 0.132. The first-order valence-electron chi connectivity index (χ1n) is 12.1. The fourth-order valence-electron chi connectivity index (χ4n) is 6.58. The van der Waals surface area contributed by atoms with Crippen molar-refractivity contribution >= 4 is 0 Å². The molecule has 0 saturated heterocycles. The Labute approximate surface area is 172 Å². The van der Waals surface area contributed by atoms with Gasteiger partial charge in [-0.3, -0.25) is 0 Å². The molecule has 0 radical (unpaired) electrons. The summed E-state index contributed by atoms with van der Waals surface area (Å²) >= 11 is 0. The van der Waals surface area contributed by atoms with E-state index in [1.54, 1.807) is 0 Å². The van der Waals surface area contributed by atoms with Crippen LogP contribution in [0.1, 0.15) is 101 Å². The molecule has 5 atom stereocenters. The fraction of sp³-hybridized carbons (Fsp3) is 0.704. The van der Waals surface area contributed by atoms with Gasteiger partial charge < -0.3 is 0 Å². The molecule has 0 bridgehead atoms. The van der Waals surface area contributed by atoms with Crippen LogP contribution < -0.4 is 0 Å². The molecule has 3 aliphatic rings. The molecular formula is C27H39F. The summed E-state index contributed by atoms with van der Waals surface area (Å²) in [5, 5.41) is 0. The highest BCUT2D eigenvalue weighted by molar-refractivity contribution is 5.37. The number of rotatable bonds is 5. The Bertz CT molecular complexity index is 688. The van der Waals surface area contributed by atoms with E-state index in [2.05, 4.69) is 32.1 Å². The third-order valence-electron chi connectivity index (χ3n) is 8.17. The predicted octanol–water partition coefficient (Wildman–Crippen LogP) is 8.00. The van der Waals surface area contributed by atoms with Gasteiger partial charge >= 0.3 is 0 Å². The molecule has 0 spiro atoms. The van der Waals surface area contributed by atoms with Crippen LogP contribution in [0.25, 0.3) is 0 Å². The van der Waals surface area contributed by atoms with E-state index in [0.717, 1.165) is 35.7 Å². The third kappa shape index (κ3) is 4.39. The molecule has 1 aromatic carbocycles. The van der Waals surface area contributed by atoms with Crippen molar-refractivity contribution in [3.63, 3.8) is 0 Å². The molecule has 2 saturated carbocycles. The first kappa shape index (κ1) is 20.2. The van der Waals surface area contributed by atoms with Gasteiger partial charge in [0.15, 0.2) is 0 Å². The molecule has 5 unspecified atom stereocenters. The van der Waals surface area contributed by atoms with Gasteiger partial charge in [-0.1, -0.05) is 44.4 Å². The van der Waals surface area contributed by atoms with E-state index in [4.69, 9.17) is 0 Å². The number of aryl methyl sites for hydroxylation is 1. The summed E-state index contributed by atoms with van der Waals surface area (Å²) in [6.07, 6.45) is 19.9. The summed E-state index contributed by atoms with van der Waals surface area (Å²) < 4.78 is 15.1. The van der Waals surface area contributed by atoms with Crippen LogP contribution >= 0.6 is 0 Å². The van der Waals surface area contributed by atoms with E-state index in [0.29, 0.717) is 5.92 Å². The molecule has 3 aliphatic carbocycles. The molecule has 1 aromatic rings. The lowest BCUT2D eigenvalue weighted by atomic mass is 9.63. The van der Waals surface area contributed by atoms with Crippen LogP contribution in [0.5, 0.6) is 0 Å². The van der Waals surface area contributed by atoms with Crippen molar-refractivity contribution in [3.8, 4) is 0 Å². The molecular weight excluding hydrogens is 343 g/mol. The van der Waals surface area contributed by atoms with Gasteiger partial charge in [0.25, 0.3) is 0 Å². The number of unbranched alkanes of at least 4 members (excludes halogenated alkanes) is 1. The summed E-state index contributed by atoms with van der Waals surface area (Å²) in [4.78, 5) is 0. The summed E-state index contributed by atoms with van der Waals surface area (Å²) in [6.45, 7) is 4.41. The molecule has 0 amide bonds. The Morgan fingerprint density at radius 3 is 2.64 bits per heavy atom. The van der Waals surface area contributed by atoms with E-state index in [1.165, 1.54) is 81.8 Å². The maximum atomic E-state index is 15.1. The van der Waals surface area contributed by atoms with Crippen LogP contribution in [0.15, 0.2) is 24.3 Å². The Morgan fingerprint density at radius 2 is 1.82 bits per heavy atom. The number of halogens is 1. The van der Waals surface area contributed by atoms with Crippen molar-refractivity contribution < 1.29 is 4.39 Å². The molecule has 0 aliphatic heterocycles. The Hall–Kier alpha value is -1.11. The van der Waals surface area contributed by atoms with Crippen LogP contribution in [0.3, 0.4) is 0 Å². The van der Waals surface area contributed by atoms with Crippen molar-refractivity contribution in [1.29, 1.82) is 0 Å². The van der Waals surface area contributed by atoms with Gasteiger partial charge in [0.1, 0.15) is 5.82 Å². The molecule has 28 heavy (non-hydrogen) atoms. The second-order valence-corrected chi connectivity index (χ2v) is 10.0. The van der Waals surface area contributed by atoms with Crippen molar-refractivity contribution in [3.05, 3.63) is 46.8 Å². The van der Waals surface area contributed by atoms with E-state index in [9.17, 15) is 0 Å². The normalized spacial score (nSPS) is 32.9. The summed E-state index contributed by atoms with van der Waals surface area (Å²) in [6, 6.07) is 4.22. The van der Waals surface area contributed by atoms with Crippen LogP contribution in [-0.2, 0) is 12.8 Å². The fourth-order valence-corrected chi connectivity index (χ4v) is 6.58. The Balaban J connectivity index is 1.43. The average molecular weight is 383 g/mol. The lowest BCUT2D eigenvalue weighted by Crippen LogP contribution is -2.30. The second-order valence-electron chi connectivity index (χ2n) is 10.0. The topological polar surface area (TPSA) is 0 Å². The van der Waals surface area contributed by atoms with Gasteiger partial charge in [0.2, 0.25) is 0 Å². The predicted molar refractivity (Wildman–Crippen MR) is 117 cm³/mol. The Morgan fingerprint density at radius 1 is 1.00 bits per heavy atom. The molecule has 0 aromatic heterocycles. The van der Waals surface area contributed by atoms with Gasteiger partial charge in [0.05, 0.1) is 0 Å².